The lowest BCUT2D eigenvalue weighted by Gasteiger charge is -2.39. The number of halogens is 2. The van der Waals surface area contributed by atoms with E-state index in [1.54, 1.807) is 25.9 Å². The smallest absolute Gasteiger partial charge is 0.270 e. The van der Waals surface area contributed by atoms with Gasteiger partial charge in [-0.3, -0.25) is 9.59 Å². The lowest BCUT2D eigenvalue weighted by molar-refractivity contribution is -0.135. The molecule has 1 saturated heterocycles. The lowest BCUT2D eigenvalue weighted by Crippen LogP contribution is -2.53. The zero-order valence-corrected chi connectivity index (χ0v) is 22.7. The molecule has 0 unspecified atom stereocenters. The zero-order chi connectivity index (χ0) is 23.5. The lowest BCUT2D eigenvalue weighted by atomic mass is 10.00. The van der Waals surface area contributed by atoms with Crippen molar-refractivity contribution in [2.24, 2.45) is 0 Å². The number of carbonyl (C=O) groups excluding carboxylic acids is 2. The van der Waals surface area contributed by atoms with Crippen molar-refractivity contribution in [2.75, 3.05) is 38.3 Å². The number of rotatable bonds is 8. The van der Waals surface area contributed by atoms with E-state index in [0.29, 0.717) is 24.6 Å². The quantitative estimate of drug-likeness (QED) is 0.500. The van der Waals surface area contributed by atoms with Crippen molar-refractivity contribution in [2.45, 2.75) is 71.1 Å². The van der Waals surface area contributed by atoms with Crippen LogP contribution in [0.15, 0.2) is 16.6 Å². The van der Waals surface area contributed by atoms with Gasteiger partial charge in [-0.25, -0.2) is 0 Å². The largest absolute Gasteiger partial charge is 0.476 e. The number of nitrogens with one attached hydrogen (secondary N) is 1. The fourth-order valence-electron chi connectivity index (χ4n) is 4.60. The van der Waals surface area contributed by atoms with Gasteiger partial charge >= 0.3 is 0 Å². The summed E-state index contributed by atoms with van der Waals surface area (Å²) in [4.78, 5) is 30.3. The molecule has 0 aromatic heterocycles. The van der Waals surface area contributed by atoms with E-state index < -0.39 is 5.60 Å². The van der Waals surface area contributed by atoms with Crippen LogP contribution in [0.25, 0.3) is 0 Å². The SMILES string of the molecule is COCCCN1C(=O)C(C)(C)Oc2cc(Br)c(CC(=O)N(C(C)C)[C@@H]3CCCNC3)cc21.Cl. The van der Waals surface area contributed by atoms with Gasteiger partial charge in [0, 0.05) is 43.4 Å². The minimum atomic E-state index is -0.945. The van der Waals surface area contributed by atoms with Crippen LogP contribution in [0.3, 0.4) is 0 Å². The molecule has 1 aromatic carbocycles. The fraction of sp³-hybridized carbons (Fsp3) is 0.667. The predicted octanol–water partition coefficient (Wildman–Crippen LogP) is 3.94. The number of piperidine rings is 1. The van der Waals surface area contributed by atoms with Crippen molar-refractivity contribution in [1.29, 1.82) is 0 Å². The van der Waals surface area contributed by atoms with Crippen LogP contribution in [-0.2, 0) is 20.7 Å². The summed E-state index contributed by atoms with van der Waals surface area (Å²) in [6.07, 6.45) is 3.09. The highest BCUT2D eigenvalue weighted by Crippen LogP contribution is 2.41. The summed E-state index contributed by atoms with van der Waals surface area (Å²) >= 11 is 3.64. The minimum absolute atomic E-state index is 0. The molecule has 2 amide bonds. The number of ether oxygens (including phenoxy) is 2. The molecule has 2 heterocycles. The molecule has 0 radical (unpaired) electrons. The van der Waals surface area contributed by atoms with Crippen LogP contribution in [0, 0.1) is 0 Å². The summed E-state index contributed by atoms with van der Waals surface area (Å²) in [7, 11) is 1.65. The molecule has 1 aromatic rings. The summed E-state index contributed by atoms with van der Waals surface area (Å²) in [5.74, 6) is 0.661. The molecule has 9 heteroatoms. The first-order chi connectivity index (χ1) is 15.2. The molecule has 0 bridgehead atoms. The molecule has 2 aliphatic rings. The van der Waals surface area contributed by atoms with Crippen LogP contribution in [0.2, 0.25) is 0 Å². The van der Waals surface area contributed by atoms with Gasteiger partial charge < -0.3 is 24.6 Å². The van der Waals surface area contributed by atoms with Crippen molar-refractivity contribution >= 4 is 45.8 Å². The number of benzene rings is 1. The van der Waals surface area contributed by atoms with E-state index >= 15 is 0 Å². The third-order valence-electron chi connectivity index (χ3n) is 6.12. The van der Waals surface area contributed by atoms with E-state index in [2.05, 4.69) is 35.1 Å². The number of carbonyl (C=O) groups is 2. The van der Waals surface area contributed by atoms with E-state index in [-0.39, 0.29) is 42.7 Å². The molecule has 7 nitrogen and oxygen atoms in total. The maximum atomic E-state index is 13.4. The monoisotopic (exact) mass is 545 g/mol. The molecular weight excluding hydrogens is 510 g/mol. The number of nitrogens with zero attached hydrogens (tertiary/aromatic N) is 2. The Morgan fingerprint density at radius 3 is 2.73 bits per heavy atom. The molecule has 0 spiro atoms. The molecule has 33 heavy (non-hydrogen) atoms. The average molecular weight is 547 g/mol. The second kappa shape index (κ2) is 11.9. The molecule has 1 fully saturated rings. The van der Waals surface area contributed by atoms with Crippen molar-refractivity contribution in [3.63, 3.8) is 0 Å². The standard InChI is InChI=1S/C24H36BrN3O4.ClH/c1-16(2)28(18-8-6-9-26-15-18)22(29)13-17-12-20-21(14-19(17)25)32-24(3,4)23(30)27(20)10-7-11-31-5;/h12,14,16,18,26H,6-11,13,15H2,1-5H3;1H/t18-;/m1./s1. The van der Waals surface area contributed by atoms with Gasteiger partial charge in [-0.15, -0.1) is 12.4 Å². The average Bonchev–Trinajstić information content (AvgIpc) is 2.72. The van der Waals surface area contributed by atoms with E-state index in [9.17, 15) is 9.59 Å². The fourth-order valence-corrected chi connectivity index (χ4v) is 5.06. The Hall–Kier alpha value is -1.35. The summed E-state index contributed by atoms with van der Waals surface area (Å²) in [6, 6.07) is 4.15. The van der Waals surface area contributed by atoms with Crippen LogP contribution in [0.1, 0.15) is 52.5 Å². The van der Waals surface area contributed by atoms with Gasteiger partial charge in [0.25, 0.3) is 5.91 Å². The number of anilines is 1. The highest BCUT2D eigenvalue weighted by Gasteiger charge is 2.41. The van der Waals surface area contributed by atoms with Gasteiger partial charge in [0.15, 0.2) is 5.60 Å². The molecule has 1 N–H and O–H groups in total. The summed E-state index contributed by atoms with van der Waals surface area (Å²) < 4.78 is 12.0. The molecular formula is C24H37BrClN3O4. The third-order valence-corrected chi connectivity index (χ3v) is 6.86. The number of hydrogen-bond acceptors (Lipinski definition) is 5. The number of fused-ring (bicyclic) bond motifs is 1. The van der Waals surface area contributed by atoms with Gasteiger partial charge in [-0.1, -0.05) is 15.9 Å². The second-order valence-corrected chi connectivity index (χ2v) is 10.3. The van der Waals surface area contributed by atoms with Gasteiger partial charge in [-0.05, 0) is 71.2 Å². The van der Waals surface area contributed by atoms with E-state index in [4.69, 9.17) is 9.47 Å². The van der Waals surface area contributed by atoms with Gasteiger partial charge in [0.1, 0.15) is 5.75 Å². The van der Waals surface area contributed by atoms with Gasteiger partial charge in [-0.2, -0.15) is 0 Å². The van der Waals surface area contributed by atoms with Crippen LogP contribution in [0.4, 0.5) is 5.69 Å². The Morgan fingerprint density at radius 1 is 1.39 bits per heavy atom. The van der Waals surface area contributed by atoms with E-state index in [0.717, 1.165) is 42.4 Å². The number of hydrogen-bond donors (Lipinski definition) is 1. The van der Waals surface area contributed by atoms with Crippen molar-refractivity contribution in [1.82, 2.24) is 10.2 Å². The van der Waals surface area contributed by atoms with Crippen LogP contribution in [0.5, 0.6) is 5.75 Å². The Morgan fingerprint density at radius 2 is 2.12 bits per heavy atom. The van der Waals surface area contributed by atoms with Gasteiger partial charge in [0.05, 0.1) is 12.1 Å². The first kappa shape index (κ1) is 27.9. The van der Waals surface area contributed by atoms with Crippen LogP contribution < -0.4 is 15.0 Å². The molecule has 186 valence electrons. The Labute approximate surface area is 212 Å². The second-order valence-electron chi connectivity index (χ2n) is 9.40. The maximum Gasteiger partial charge on any atom is 0.270 e. The summed E-state index contributed by atoms with van der Waals surface area (Å²) in [5, 5.41) is 3.41. The molecule has 2 aliphatic heterocycles. The summed E-state index contributed by atoms with van der Waals surface area (Å²) in [6.45, 7) is 10.7. The number of amides is 2. The van der Waals surface area contributed by atoms with Gasteiger partial charge in [0.2, 0.25) is 5.91 Å². The topological polar surface area (TPSA) is 71.1 Å². The zero-order valence-electron chi connectivity index (χ0n) is 20.3. The Bertz CT molecular complexity index is 843. The summed E-state index contributed by atoms with van der Waals surface area (Å²) in [5.41, 5.74) is 0.627. The molecule has 3 rings (SSSR count). The Kier molecular flexibility index (Phi) is 10.0. The third kappa shape index (κ3) is 6.41. The van der Waals surface area contributed by atoms with Crippen molar-refractivity contribution in [3.05, 3.63) is 22.2 Å². The molecule has 0 saturated carbocycles. The Balaban J connectivity index is 0.00000385. The van der Waals surface area contributed by atoms with E-state index in [1.807, 2.05) is 17.0 Å². The van der Waals surface area contributed by atoms with E-state index in [1.165, 1.54) is 0 Å². The highest BCUT2D eigenvalue weighted by molar-refractivity contribution is 9.10. The minimum Gasteiger partial charge on any atom is -0.476 e. The van der Waals surface area contributed by atoms with Crippen LogP contribution >= 0.6 is 28.3 Å². The van der Waals surface area contributed by atoms with Crippen molar-refractivity contribution in [3.8, 4) is 5.75 Å². The first-order valence-corrected chi connectivity index (χ1v) is 12.3. The predicted molar refractivity (Wildman–Crippen MR) is 137 cm³/mol. The van der Waals surface area contributed by atoms with Crippen molar-refractivity contribution < 1.29 is 19.1 Å². The number of methoxy groups -OCH3 is 1. The highest BCUT2D eigenvalue weighted by atomic mass is 79.9. The van der Waals surface area contributed by atoms with Crippen LogP contribution in [-0.4, -0.2) is 67.7 Å². The maximum absolute atomic E-state index is 13.4. The normalized spacial score (nSPS) is 19.5. The molecule has 1 atom stereocenters. The first-order valence-electron chi connectivity index (χ1n) is 11.5. The molecule has 0 aliphatic carbocycles.